The fourth-order valence-corrected chi connectivity index (χ4v) is 3.03. The van der Waals surface area contributed by atoms with Crippen LogP contribution in [0.5, 0.6) is 11.5 Å². The predicted octanol–water partition coefficient (Wildman–Crippen LogP) is 0.975. The second-order valence-electron chi connectivity index (χ2n) is 6.56. The fraction of sp³-hybridized carbons (Fsp3) is 0.238. The van der Waals surface area contributed by atoms with Gasteiger partial charge in [-0.1, -0.05) is 18.2 Å². The molecule has 10 heteroatoms. The number of nitrogens with two attached hydrogens (primary N) is 1. The van der Waals surface area contributed by atoms with Crippen LogP contribution in [0.15, 0.2) is 53.6 Å². The number of carbonyl (C=O) groups excluding carboxylic acids is 3. The van der Waals surface area contributed by atoms with Gasteiger partial charge in [-0.15, -0.1) is 0 Å². The standard InChI is InChI=1S/C21H23N5O5/c1-3-31-17-10-9-13(11-18(17)30-2)20(28)23-24-21(29)15-12-16(19(22)27)26(25-15)14-7-5-4-6-8-14/h4-11,16H,3,12H2,1-2H3,(H2,22,27)(H,23,28)(H,24,29). The number of hydrogen-bond acceptors (Lipinski definition) is 7. The number of ether oxygens (including phenoxy) is 2. The highest BCUT2D eigenvalue weighted by Gasteiger charge is 2.35. The molecular formula is C21H23N5O5. The Morgan fingerprint density at radius 1 is 1.10 bits per heavy atom. The minimum absolute atomic E-state index is 0.0167. The van der Waals surface area contributed by atoms with E-state index in [0.29, 0.717) is 23.8 Å². The third-order valence-electron chi connectivity index (χ3n) is 4.54. The van der Waals surface area contributed by atoms with Gasteiger partial charge in [0.2, 0.25) is 5.91 Å². The summed E-state index contributed by atoms with van der Waals surface area (Å²) in [5, 5.41) is 5.62. The van der Waals surface area contributed by atoms with Crippen LogP contribution in [0.3, 0.4) is 0 Å². The predicted molar refractivity (Wildman–Crippen MR) is 114 cm³/mol. The molecule has 0 aliphatic carbocycles. The number of anilines is 1. The molecule has 1 aliphatic rings. The Kier molecular flexibility index (Phi) is 6.71. The van der Waals surface area contributed by atoms with Crippen LogP contribution in [0.4, 0.5) is 5.69 Å². The Hall–Kier alpha value is -4.08. The topological polar surface area (TPSA) is 135 Å². The molecule has 0 fully saturated rings. The summed E-state index contributed by atoms with van der Waals surface area (Å²) >= 11 is 0. The van der Waals surface area contributed by atoms with Gasteiger partial charge in [0.25, 0.3) is 11.8 Å². The third kappa shape index (κ3) is 4.92. The monoisotopic (exact) mass is 425 g/mol. The van der Waals surface area contributed by atoms with Crippen LogP contribution in [-0.4, -0.2) is 43.2 Å². The van der Waals surface area contributed by atoms with Crippen molar-refractivity contribution in [2.45, 2.75) is 19.4 Å². The third-order valence-corrected chi connectivity index (χ3v) is 4.54. The first-order valence-corrected chi connectivity index (χ1v) is 9.57. The van der Waals surface area contributed by atoms with Crippen molar-refractivity contribution in [3.63, 3.8) is 0 Å². The number of primary amides is 1. The van der Waals surface area contributed by atoms with E-state index in [1.165, 1.54) is 18.2 Å². The van der Waals surface area contributed by atoms with Gasteiger partial charge in [-0.2, -0.15) is 5.10 Å². The maximum absolute atomic E-state index is 12.5. The molecule has 1 atom stereocenters. The molecule has 0 spiro atoms. The van der Waals surface area contributed by atoms with Gasteiger partial charge in [-0.05, 0) is 37.3 Å². The van der Waals surface area contributed by atoms with Crippen LogP contribution < -0.4 is 31.1 Å². The molecule has 2 aromatic carbocycles. The van der Waals surface area contributed by atoms with Crippen molar-refractivity contribution in [1.29, 1.82) is 0 Å². The molecule has 1 aliphatic heterocycles. The van der Waals surface area contributed by atoms with Crippen molar-refractivity contribution in [2.24, 2.45) is 10.8 Å². The van der Waals surface area contributed by atoms with Crippen molar-refractivity contribution in [1.82, 2.24) is 10.9 Å². The van der Waals surface area contributed by atoms with Gasteiger partial charge in [0.1, 0.15) is 11.8 Å². The van der Waals surface area contributed by atoms with Gasteiger partial charge in [-0.25, -0.2) is 0 Å². The SMILES string of the molecule is CCOc1ccc(C(=O)NNC(=O)C2=NN(c3ccccc3)C(C(N)=O)C2)cc1OC. The van der Waals surface area contributed by atoms with Gasteiger partial charge in [0, 0.05) is 12.0 Å². The van der Waals surface area contributed by atoms with E-state index in [0.717, 1.165) is 0 Å². The molecule has 0 bridgehead atoms. The average Bonchev–Trinajstić information content (AvgIpc) is 3.24. The number of nitrogens with zero attached hydrogens (tertiary/aromatic N) is 2. The maximum Gasteiger partial charge on any atom is 0.285 e. The molecule has 0 radical (unpaired) electrons. The van der Waals surface area contributed by atoms with Crippen molar-refractivity contribution in [3.05, 3.63) is 54.1 Å². The minimum Gasteiger partial charge on any atom is -0.493 e. The highest BCUT2D eigenvalue weighted by Crippen LogP contribution is 2.28. The van der Waals surface area contributed by atoms with Crippen LogP contribution in [0.25, 0.3) is 0 Å². The largest absolute Gasteiger partial charge is 0.493 e. The smallest absolute Gasteiger partial charge is 0.285 e. The van der Waals surface area contributed by atoms with Gasteiger partial charge in [0.15, 0.2) is 11.5 Å². The van der Waals surface area contributed by atoms with Crippen LogP contribution in [-0.2, 0) is 9.59 Å². The maximum atomic E-state index is 12.5. The number of hydrazine groups is 1. The summed E-state index contributed by atoms with van der Waals surface area (Å²) < 4.78 is 10.6. The van der Waals surface area contributed by atoms with E-state index in [2.05, 4.69) is 16.0 Å². The molecule has 162 valence electrons. The van der Waals surface area contributed by atoms with E-state index in [1.54, 1.807) is 36.4 Å². The van der Waals surface area contributed by atoms with Crippen molar-refractivity contribution >= 4 is 29.1 Å². The van der Waals surface area contributed by atoms with Crippen LogP contribution >= 0.6 is 0 Å². The molecule has 4 N–H and O–H groups in total. The summed E-state index contributed by atoms with van der Waals surface area (Å²) in [6, 6.07) is 12.7. The minimum atomic E-state index is -0.797. The van der Waals surface area contributed by atoms with Gasteiger partial charge in [-0.3, -0.25) is 30.2 Å². The molecule has 10 nitrogen and oxygen atoms in total. The van der Waals surface area contributed by atoms with E-state index < -0.39 is 23.8 Å². The Morgan fingerprint density at radius 3 is 2.45 bits per heavy atom. The number of hydrogen-bond donors (Lipinski definition) is 3. The number of hydrazone groups is 1. The molecule has 0 saturated heterocycles. The van der Waals surface area contributed by atoms with Crippen LogP contribution in [0.1, 0.15) is 23.7 Å². The Bertz CT molecular complexity index is 1010. The summed E-state index contributed by atoms with van der Waals surface area (Å²) in [6.45, 7) is 2.29. The zero-order valence-corrected chi connectivity index (χ0v) is 17.1. The summed E-state index contributed by atoms with van der Waals surface area (Å²) in [5.74, 6) is -0.912. The van der Waals surface area contributed by atoms with E-state index in [4.69, 9.17) is 15.2 Å². The average molecular weight is 425 g/mol. The lowest BCUT2D eigenvalue weighted by atomic mass is 10.1. The number of para-hydroxylation sites is 1. The van der Waals surface area contributed by atoms with Gasteiger partial charge in [0.05, 0.1) is 19.4 Å². The van der Waals surface area contributed by atoms with Crippen molar-refractivity contribution in [2.75, 3.05) is 18.7 Å². The number of amides is 3. The second-order valence-corrected chi connectivity index (χ2v) is 6.56. The summed E-state index contributed by atoms with van der Waals surface area (Å²) in [6.07, 6.45) is 0.0167. The summed E-state index contributed by atoms with van der Waals surface area (Å²) in [4.78, 5) is 36.7. The van der Waals surface area contributed by atoms with Crippen molar-refractivity contribution in [3.8, 4) is 11.5 Å². The Labute approximate surface area is 179 Å². The van der Waals surface area contributed by atoms with Crippen LogP contribution in [0.2, 0.25) is 0 Å². The highest BCUT2D eigenvalue weighted by atomic mass is 16.5. The lowest BCUT2D eigenvalue weighted by molar-refractivity contribution is -0.119. The first-order valence-electron chi connectivity index (χ1n) is 9.57. The fourth-order valence-electron chi connectivity index (χ4n) is 3.03. The molecular weight excluding hydrogens is 402 g/mol. The first-order chi connectivity index (χ1) is 14.9. The zero-order valence-electron chi connectivity index (χ0n) is 17.1. The molecule has 1 heterocycles. The normalized spacial score (nSPS) is 15.1. The van der Waals surface area contributed by atoms with E-state index in [-0.39, 0.29) is 17.7 Å². The number of carbonyl (C=O) groups is 3. The Balaban J connectivity index is 1.67. The lowest BCUT2D eigenvalue weighted by Gasteiger charge is -2.20. The molecule has 2 aromatic rings. The van der Waals surface area contributed by atoms with E-state index >= 15 is 0 Å². The number of methoxy groups -OCH3 is 1. The molecule has 31 heavy (non-hydrogen) atoms. The first kappa shape index (κ1) is 21.6. The summed E-state index contributed by atoms with van der Waals surface area (Å²) in [7, 11) is 1.47. The summed E-state index contributed by atoms with van der Waals surface area (Å²) in [5.41, 5.74) is 11.1. The zero-order chi connectivity index (χ0) is 22.4. The second kappa shape index (κ2) is 9.61. The Morgan fingerprint density at radius 2 is 1.81 bits per heavy atom. The van der Waals surface area contributed by atoms with E-state index in [9.17, 15) is 14.4 Å². The van der Waals surface area contributed by atoms with E-state index in [1.807, 2.05) is 13.0 Å². The molecule has 3 amide bonds. The van der Waals surface area contributed by atoms with Crippen molar-refractivity contribution < 1.29 is 23.9 Å². The van der Waals surface area contributed by atoms with Crippen LogP contribution in [0, 0.1) is 0 Å². The van der Waals surface area contributed by atoms with Gasteiger partial charge < -0.3 is 15.2 Å². The number of rotatable bonds is 7. The molecule has 0 saturated carbocycles. The van der Waals surface area contributed by atoms with Gasteiger partial charge >= 0.3 is 0 Å². The molecule has 1 unspecified atom stereocenters. The lowest BCUT2D eigenvalue weighted by Crippen LogP contribution is -2.45. The highest BCUT2D eigenvalue weighted by molar-refractivity contribution is 6.40. The molecule has 3 rings (SSSR count). The number of nitrogens with one attached hydrogen (secondary N) is 2. The molecule has 0 aromatic heterocycles. The quantitative estimate of drug-likeness (QED) is 0.566. The number of benzene rings is 2.